The number of hydrogen-bond acceptors (Lipinski definition) is 8. The number of nitrogens with one attached hydrogen (secondary N) is 2. The van der Waals surface area contributed by atoms with Crippen LogP contribution in [0.2, 0.25) is 0 Å². The largest absolute Gasteiger partial charge is 0.490 e. The molecule has 3 amide bonds. The van der Waals surface area contributed by atoms with Gasteiger partial charge in [-0.3, -0.25) is 4.79 Å². The molecule has 4 atom stereocenters. The van der Waals surface area contributed by atoms with Crippen LogP contribution in [-0.4, -0.2) is 95.8 Å². The highest BCUT2D eigenvalue weighted by Gasteiger charge is 2.33. The monoisotopic (exact) mass is 670 g/mol. The number of fused-ring (bicyclic) bond motifs is 1. The molecule has 0 saturated heterocycles. The van der Waals surface area contributed by atoms with E-state index in [0.29, 0.717) is 30.2 Å². The Morgan fingerprint density at radius 2 is 1.85 bits per heavy atom. The van der Waals surface area contributed by atoms with Crippen molar-refractivity contribution in [3.05, 3.63) is 66.6 Å². The summed E-state index contributed by atoms with van der Waals surface area (Å²) in [4.78, 5) is 32.6. The molecule has 0 spiro atoms. The third-order valence-corrected chi connectivity index (χ3v) is 9.84. The number of imidazole rings is 1. The lowest BCUT2D eigenvalue weighted by Crippen LogP contribution is -2.48. The summed E-state index contributed by atoms with van der Waals surface area (Å²) in [7, 11) is -0.696. The minimum Gasteiger partial charge on any atom is -0.490 e. The molecule has 0 fully saturated rings. The summed E-state index contributed by atoms with van der Waals surface area (Å²) in [6.07, 6.45) is 4.31. The van der Waals surface area contributed by atoms with E-state index < -0.39 is 34.1 Å². The normalized spacial score (nSPS) is 20.5. The highest BCUT2D eigenvalue weighted by Crippen LogP contribution is 2.29. The fourth-order valence-electron chi connectivity index (χ4n) is 5.31. The lowest BCUT2D eigenvalue weighted by Gasteiger charge is -2.35. The number of hydrogen-bond donors (Lipinski definition) is 3. The van der Waals surface area contributed by atoms with Gasteiger partial charge >= 0.3 is 6.03 Å². The fourth-order valence-corrected chi connectivity index (χ4v) is 6.45. The van der Waals surface area contributed by atoms with Crippen molar-refractivity contribution in [2.24, 2.45) is 13.0 Å². The second-order valence-corrected chi connectivity index (χ2v) is 14.1. The number of likely N-dealkylation sites (N-methyl/N-ethyl adjacent to an activating group) is 1. The fraction of sp³-hybridized carbons (Fsp3) is 0.485. The average Bonchev–Trinajstić information content (AvgIpc) is 3.49. The number of urea groups is 1. The number of carbonyl (C=O) groups is 2. The van der Waals surface area contributed by atoms with Gasteiger partial charge in [-0.25, -0.2) is 18.2 Å². The van der Waals surface area contributed by atoms with Gasteiger partial charge < -0.3 is 34.7 Å². The van der Waals surface area contributed by atoms with E-state index in [-0.39, 0.29) is 42.3 Å². The molecule has 13 nitrogen and oxygen atoms in total. The smallest absolute Gasteiger partial charge is 0.323 e. The Morgan fingerprint density at radius 1 is 1.13 bits per heavy atom. The maximum Gasteiger partial charge on any atom is 0.323 e. The van der Waals surface area contributed by atoms with Crippen LogP contribution in [0.3, 0.4) is 0 Å². The summed E-state index contributed by atoms with van der Waals surface area (Å²) >= 11 is 0. The molecule has 0 bridgehead atoms. The molecular weight excluding hydrogens is 624 g/mol. The Labute approximate surface area is 276 Å². The highest BCUT2D eigenvalue weighted by atomic mass is 32.2. The zero-order chi connectivity index (χ0) is 34.1. The first-order valence-corrected chi connectivity index (χ1v) is 17.2. The molecule has 3 aromatic rings. The predicted octanol–water partition coefficient (Wildman–Crippen LogP) is 4.18. The molecule has 4 rings (SSSR count). The Bertz CT molecular complexity index is 1600. The van der Waals surface area contributed by atoms with E-state index in [4.69, 9.17) is 9.47 Å². The number of aromatic nitrogens is 2. The number of carbonyl (C=O) groups excluding carboxylic acids is 2. The first kappa shape index (κ1) is 35.9. The molecule has 1 aliphatic rings. The van der Waals surface area contributed by atoms with E-state index in [2.05, 4.69) is 15.6 Å². The lowest BCUT2D eigenvalue weighted by atomic mass is 10.0. The van der Waals surface area contributed by atoms with Gasteiger partial charge in [0.25, 0.3) is 15.9 Å². The van der Waals surface area contributed by atoms with Gasteiger partial charge in [-0.15, -0.1) is 0 Å². The van der Waals surface area contributed by atoms with Crippen molar-refractivity contribution in [1.82, 2.24) is 18.8 Å². The molecule has 0 aliphatic carbocycles. The first-order chi connectivity index (χ1) is 22.4. The summed E-state index contributed by atoms with van der Waals surface area (Å²) in [5.74, 6) is -0.373. The van der Waals surface area contributed by atoms with Gasteiger partial charge in [0.2, 0.25) is 0 Å². The number of anilines is 2. The van der Waals surface area contributed by atoms with Crippen molar-refractivity contribution in [2.45, 2.75) is 63.3 Å². The molecule has 0 saturated carbocycles. The molecule has 47 heavy (non-hydrogen) atoms. The van der Waals surface area contributed by atoms with E-state index >= 15 is 0 Å². The highest BCUT2D eigenvalue weighted by molar-refractivity contribution is 7.89. The van der Waals surface area contributed by atoms with E-state index in [1.165, 1.54) is 23.9 Å². The van der Waals surface area contributed by atoms with Crippen LogP contribution < -0.4 is 15.4 Å². The molecule has 2 aromatic carbocycles. The van der Waals surface area contributed by atoms with E-state index in [1.54, 1.807) is 53.8 Å². The van der Waals surface area contributed by atoms with Gasteiger partial charge in [-0.05, 0) is 63.4 Å². The molecule has 14 heteroatoms. The van der Waals surface area contributed by atoms with E-state index in [9.17, 15) is 23.1 Å². The topological polar surface area (TPSA) is 155 Å². The Balaban J connectivity index is 1.62. The number of aryl methyl sites for hydroxylation is 1. The molecule has 1 aliphatic heterocycles. The van der Waals surface area contributed by atoms with Crippen LogP contribution in [-0.2, 0) is 21.8 Å². The first-order valence-electron chi connectivity index (χ1n) is 15.8. The second-order valence-electron chi connectivity index (χ2n) is 12.1. The number of rotatable bonds is 8. The number of ether oxygens (including phenoxy) is 2. The molecule has 0 unspecified atom stereocenters. The van der Waals surface area contributed by atoms with Crippen molar-refractivity contribution >= 4 is 33.3 Å². The number of aliphatic hydroxyl groups excluding tert-OH is 1. The van der Waals surface area contributed by atoms with Gasteiger partial charge in [0, 0.05) is 57.3 Å². The maximum atomic E-state index is 14.3. The summed E-state index contributed by atoms with van der Waals surface area (Å²) in [6, 6.07) is 12.9. The van der Waals surface area contributed by atoms with Crippen LogP contribution in [0.15, 0.2) is 66.1 Å². The number of benzene rings is 2. The van der Waals surface area contributed by atoms with Crippen molar-refractivity contribution in [1.29, 1.82) is 0 Å². The number of aliphatic hydroxyl groups is 1. The maximum absolute atomic E-state index is 14.3. The van der Waals surface area contributed by atoms with Crippen LogP contribution in [0.4, 0.5) is 16.2 Å². The molecular formula is C33H46N6O7S. The Kier molecular flexibility index (Phi) is 12.4. The predicted molar refractivity (Wildman–Crippen MR) is 179 cm³/mol. The van der Waals surface area contributed by atoms with Crippen LogP contribution in [0, 0.1) is 5.92 Å². The van der Waals surface area contributed by atoms with Gasteiger partial charge in [0.05, 0.1) is 36.7 Å². The second kappa shape index (κ2) is 16.2. The summed E-state index contributed by atoms with van der Waals surface area (Å²) < 4.78 is 41.9. The number of para-hydroxylation sites is 1. The van der Waals surface area contributed by atoms with Crippen LogP contribution in [0.25, 0.3) is 0 Å². The number of amides is 3. The number of nitrogens with zero attached hydrogens (tertiary/aromatic N) is 4. The quantitative estimate of drug-likeness (QED) is 0.323. The molecule has 1 aromatic heterocycles. The Morgan fingerprint density at radius 3 is 2.53 bits per heavy atom. The molecule has 3 N–H and O–H groups in total. The SMILES string of the molecule is C[C@H]1CCCCO[C@@H](CN(C)S(=O)(=O)c2cn(C)cn2)[C@@H](C)CN([C@@H](C)CO)C(=O)c2cc(NC(=O)Nc3ccccc3)ccc2O1. The standard InChI is InChI=1S/C33H46N6O7S/c1-23-18-39(24(2)21-40)32(41)28-17-27(36-33(42)35-26-12-7-6-8-13-26)14-15-29(28)46-25(3)11-9-10-16-45-30(23)19-38(5)47(43,44)31-20-37(4)22-34-31/h6-8,12-15,17,20,22-25,30,40H,9-11,16,18-19,21H2,1-5H3,(H2,35,36,42)/t23-,24-,25-,30-/m0/s1. The third kappa shape index (κ3) is 9.53. The molecule has 0 radical (unpaired) electrons. The van der Waals surface area contributed by atoms with Crippen LogP contribution in [0.5, 0.6) is 5.75 Å². The molecule has 256 valence electrons. The van der Waals surface area contributed by atoms with Crippen molar-refractivity contribution < 1.29 is 32.6 Å². The number of sulfonamides is 1. The zero-order valence-electron chi connectivity index (χ0n) is 27.6. The van der Waals surface area contributed by atoms with Gasteiger partial charge in [0.1, 0.15) is 5.75 Å². The zero-order valence-corrected chi connectivity index (χ0v) is 28.4. The van der Waals surface area contributed by atoms with E-state index in [1.807, 2.05) is 32.0 Å². The van der Waals surface area contributed by atoms with Crippen LogP contribution in [0.1, 0.15) is 50.4 Å². The molecule has 2 heterocycles. The minimum absolute atomic E-state index is 0.0380. The van der Waals surface area contributed by atoms with Crippen molar-refractivity contribution in [3.8, 4) is 5.75 Å². The van der Waals surface area contributed by atoms with E-state index in [0.717, 1.165) is 12.8 Å². The van der Waals surface area contributed by atoms with Gasteiger partial charge in [0.15, 0.2) is 5.03 Å². The average molecular weight is 671 g/mol. The third-order valence-electron chi connectivity index (χ3n) is 8.13. The van der Waals surface area contributed by atoms with Crippen LogP contribution >= 0.6 is 0 Å². The summed E-state index contributed by atoms with van der Waals surface area (Å²) in [5, 5.41) is 15.7. The summed E-state index contributed by atoms with van der Waals surface area (Å²) in [6.45, 7) is 5.85. The Hall–Kier alpha value is -3.98. The van der Waals surface area contributed by atoms with Crippen molar-refractivity contribution in [3.63, 3.8) is 0 Å². The minimum atomic E-state index is -3.88. The van der Waals surface area contributed by atoms with Gasteiger partial charge in [-0.2, -0.15) is 4.31 Å². The summed E-state index contributed by atoms with van der Waals surface area (Å²) in [5.41, 5.74) is 1.23. The van der Waals surface area contributed by atoms with Crippen molar-refractivity contribution in [2.75, 3.05) is 44.0 Å². The lowest BCUT2D eigenvalue weighted by molar-refractivity contribution is -0.00835. The van der Waals surface area contributed by atoms with Gasteiger partial charge in [-0.1, -0.05) is 25.1 Å².